The quantitative estimate of drug-likeness (QED) is 0.651. The number of benzene rings is 1. The third-order valence-corrected chi connectivity index (χ3v) is 2.73. The van der Waals surface area contributed by atoms with Gasteiger partial charge in [0.1, 0.15) is 0 Å². The van der Waals surface area contributed by atoms with E-state index in [0.717, 1.165) is 24.8 Å². The highest BCUT2D eigenvalue weighted by Gasteiger charge is 2.14. The Balaban J connectivity index is 2.46. The first kappa shape index (κ1) is 9.79. The van der Waals surface area contributed by atoms with Crippen molar-refractivity contribution in [2.45, 2.75) is 19.3 Å². The number of nitriles is 1. The van der Waals surface area contributed by atoms with Crippen LogP contribution in [-0.4, -0.2) is 7.11 Å². The summed E-state index contributed by atoms with van der Waals surface area (Å²) < 4.78 is 5.07. The van der Waals surface area contributed by atoms with E-state index in [2.05, 4.69) is 6.07 Å². The Morgan fingerprint density at radius 2 is 2.27 bits per heavy atom. The van der Waals surface area contributed by atoms with Crippen LogP contribution in [-0.2, 0) is 11.2 Å². The van der Waals surface area contributed by atoms with Gasteiger partial charge in [-0.05, 0) is 48.1 Å². The Labute approximate surface area is 89.8 Å². The van der Waals surface area contributed by atoms with Crippen molar-refractivity contribution in [2.24, 2.45) is 0 Å². The fourth-order valence-corrected chi connectivity index (χ4v) is 2.05. The summed E-state index contributed by atoms with van der Waals surface area (Å²) in [6, 6.07) is 8.05. The molecule has 0 N–H and O–H groups in total. The summed E-state index contributed by atoms with van der Waals surface area (Å²) in [6.45, 7) is 0. The molecule has 1 aliphatic carbocycles. The second-order valence-electron chi connectivity index (χ2n) is 3.72. The summed E-state index contributed by atoms with van der Waals surface area (Å²) in [4.78, 5) is 0. The molecule has 0 aromatic heterocycles. The maximum absolute atomic E-state index is 8.82. The third-order valence-electron chi connectivity index (χ3n) is 2.73. The highest BCUT2D eigenvalue weighted by molar-refractivity contribution is 5.70. The number of hydrogen-bond acceptors (Lipinski definition) is 2. The lowest BCUT2D eigenvalue weighted by atomic mass is 9.87. The van der Waals surface area contributed by atoms with E-state index in [0.29, 0.717) is 0 Å². The first-order chi connectivity index (χ1) is 7.35. The first-order valence-electron chi connectivity index (χ1n) is 5.10. The number of aryl methyl sites for hydroxylation is 1. The molecule has 0 heterocycles. The van der Waals surface area contributed by atoms with Gasteiger partial charge in [-0.15, -0.1) is 0 Å². The second kappa shape index (κ2) is 4.18. The van der Waals surface area contributed by atoms with Crippen LogP contribution in [0.4, 0.5) is 0 Å². The van der Waals surface area contributed by atoms with Crippen LogP contribution in [0.5, 0.6) is 0 Å². The van der Waals surface area contributed by atoms with E-state index < -0.39 is 0 Å². The second-order valence-corrected chi connectivity index (χ2v) is 3.72. The molecule has 0 spiro atoms. The normalized spacial score (nSPS) is 16.9. The number of fused-ring (bicyclic) bond motifs is 1. The summed E-state index contributed by atoms with van der Waals surface area (Å²) in [7, 11) is 1.67. The lowest BCUT2D eigenvalue weighted by Gasteiger charge is -2.18. The van der Waals surface area contributed by atoms with Gasteiger partial charge in [-0.25, -0.2) is 0 Å². The minimum Gasteiger partial charge on any atom is -0.504 e. The largest absolute Gasteiger partial charge is 0.504 e. The van der Waals surface area contributed by atoms with Crippen LogP contribution in [0.15, 0.2) is 24.5 Å². The maximum atomic E-state index is 8.82. The zero-order valence-electron chi connectivity index (χ0n) is 8.79. The molecule has 2 nitrogen and oxygen atoms in total. The average molecular weight is 199 g/mol. The van der Waals surface area contributed by atoms with E-state index in [-0.39, 0.29) is 0 Å². The predicted molar refractivity (Wildman–Crippen MR) is 59.1 cm³/mol. The van der Waals surface area contributed by atoms with Crippen molar-refractivity contribution in [3.05, 3.63) is 41.2 Å². The van der Waals surface area contributed by atoms with Crippen molar-refractivity contribution in [2.75, 3.05) is 7.11 Å². The van der Waals surface area contributed by atoms with Gasteiger partial charge >= 0.3 is 0 Å². The maximum Gasteiger partial charge on any atom is 0.0991 e. The SMILES string of the molecule is CO/C=C1\CCCc2cc(C#N)ccc21. The molecule has 0 radical (unpaired) electrons. The molecule has 0 amide bonds. The van der Waals surface area contributed by atoms with Crippen molar-refractivity contribution < 1.29 is 4.74 Å². The number of rotatable bonds is 1. The topological polar surface area (TPSA) is 33.0 Å². The van der Waals surface area contributed by atoms with Gasteiger partial charge in [-0.1, -0.05) is 6.07 Å². The van der Waals surface area contributed by atoms with E-state index in [4.69, 9.17) is 10.00 Å². The summed E-state index contributed by atoms with van der Waals surface area (Å²) in [5.41, 5.74) is 4.49. The van der Waals surface area contributed by atoms with Gasteiger partial charge in [0.2, 0.25) is 0 Å². The fraction of sp³-hybridized carbons (Fsp3) is 0.308. The van der Waals surface area contributed by atoms with Crippen molar-refractivity contribution in [1.82, 2.24) is 0 Å². The lowest BCUT2D eigenvalue weighted by molar-refractivity contribution is 0.338. The standard InChI is InChI=1S/C13H13NO/c1-15-9-12-4-2-3-11-7-10(8-14)5-6-13(11)12/h5-7,9H,2-4H2,1H3/b12-9+. The van der Waals surface area contributed by atoms with Crippen LogP contribution in [0, 0.1) is 11.3 Å². The van der Waals surface area contributed by atoms with Crippen LogP contribution in [0.3, 0.4) is 0 Å². The molecule has 1 aromatic carbocycles. The van der Waals surface area contributed by atoms with Crippen LogP contribution >= 0.6 is 0 Å². The van der Waals surface area contributed by atoms with Crippen molar-refractivity contribution >= 4 is 5.57 Å². The van der Waals surface area contributed by atoms with E-state index >= 15 is 0 Å². The smallest absolute Gasteiger partial charge is 0.0991 e. The van der Waals surface area contributed by atoms with Crippen molar-refractivity contribution in [1.29, 1.82) is 5.26 Å². The van der Waals surface area contributed by atoms with Gasteiger partial charge in [0.15, 0.2) is 0 Å². The molecule has 0 saturated carbocycles. The first-order valence-corrected chi connectivity index (χ1v) is 5.10. The average Bonchev–Trinajstić information content (AvgIpc) is 2.29. The molecule has 0 bridgehead atoms. The van der Waals surface area contributed by atoms with E-state index in [1.165, 1.54) is 16.7 Å². The fourth-order valence-electron chi connectivity index (χ4n) is 2.05. The summed E-state index contributed by atoms with van der Waals surface area (Å²) in [6.07, 6.45) is 5.07. The van der Waals surface area contributed by atoms with E-state index in [1.807, 2.05) is 24.5 Å². The highest BCUT2D eigenvalue weighted by Crippen LogP contribution is 2.31. The summed E-state index contributed by atoms with van der Waals surface area (Å²) in [5.74, 6) is 0. The van der Waals surface area contributed by atoms with Crippen molar-refractivity contribution in [3.63, 3.8) is 0 Å². The van der Waals surface area contributed by atoms with Crippen LogP contribution in [0.1, 0.15) is 29.5 Å². The number of methoxy groups -OCH3 is 1. The molecule has 1 aromatic rings. The van der Waals surface area contributed by atoms with Crippen molar-refractivity contribution in [3.8, 4) is 6.07 Å². The molecular weight excluding hydrogens is 186 g/mol. The highest BCUT2D eigenvalue weighted by atomic mass is 16.5. The molecular formula is C13H13NO. The number of hydrogen-bond donors (Lipinski definition) is 0. The molecule has 0 saturated heterocycles. The monoisotopic (exact) mass is 199 g/mol. The summed E-state index contributed by atoms with van der Waals surface area (Å²) in [5, 5.41) is 8.82. The number of nitrogens with zero attached hydrogens (tertiary/aromatic N) is 1. The van der Waals surface area contributed by atoms with Gasteiger partial charge in [-0.2, -0.15) is 5.26 Å². The van der Waals surface area contributed by atoms with Gasteiger partial charge < -0.3 is 4.74 Å². The molecule has 0 atom stereocenters. The number of allylic oxidation sites excluding steroid dienone is 1. The molecule has 15 heavy (non-hydrogen) atoms. The molecule has 2 heteroatoms. The Morgan fingerprint density at radius 1 is 1.40 bits per heavy atom. The Morgan fingerprint density at radius 3 is 3.00 bits per heavy atom. The third kappa shape index (κ3) is 1.87. The van der Waals surface area contributed by atoms with Crippen LogP contribution in [0.25, 0.3) is 5.57 Å². The van der Waals surface area contributed by atoms with E-state index in [9.17, 15) is 0 Å². The van der Waals surface area contributed by atoms with Crippen LogP contribution < -0.4 is 0 Å². The minimum atomic E-state index is 0.743. The molecule has 1 aliphatic rings. The Kier molecular flexibility index (Phi) is 2.73. The Bertz CT molecular complexity index is 440. The van der Waals surface area contributed by atoms with E-state index in [1.54, 1.807) is 7.11 Å². The van der Waals surface area contributed by atoms with Gasteiger partial charge in [-0.3, -0.25) is 0 Å². The molecule has 0 unspecified atom stereocenters. The zero-order valence-corrected chi connectivity index (χ0v) is 8.79. The molecule has 0 fully saturated rings. The van der Waals surface area contributed by atoms with Gasteiger partial charge in [0, 0.05) is 0 Å². The lowest BCUT2D eigenvalue weighted by Crippen LogP contribution is -2.02. The molecule has 2 rings (SSSR count). The molecule has 76 valence electrons. The Hall–Kier alpha value is -1.75. The molecule has 0 aliphatic heterocycles. The van der Waals surface area contributed by atoms with Gasteiger partial charge in [0.05, 0.1) is 25.0 Å². The minimum absolute atomic E-state index is 0.743. The van der Waals surface area contributed by atoms with Crippen LogP contribution in [0.2, 0.25) is 0 Å². The number of ether oxygens (including phenoxy) is 1. The predicted octanol–water partition coefficient (Wildman–Crippen LogP) is 2.88. The zero-order chi connectivity index (χ0) is 10.7. The van der Waals surface area contributed by atoms with Gasteiger partial charge in [0.25, 0.3) is 0 Å². The summed E-state index contributed by atoms with van der Waals surface area (Å²) >= 11 is 0.